The van der Waals surface area contributed by atoms with Crippen LogP contribution in [0.4, 0.5) is 10.8 Å². The normalized spacial score (nSPS) is 16.3. The first-order chi connectivity index (χ1) is 12.6. The summed E-state index contributed by atoms with van der Waals surface area (Å²) in [4.78, 5) is 32.6. The number of carbonyl (C=O) groups excluding carboxylic acids is 2. The topological polar surface area (TPSA) is 53.5 Å². The van der Waals surface area contributed by atoms with Gasteiger partial charge in [-0.05, 0) is 43.4 Å². The molecule has 0 N–H and O–H groups in total. The molecule has 1 aromatic heterocycles. The van der Waals surface area contributed by atoms with Gasteiger partial charge in [0, 0.05) is 42.6 Å². The van der Waals surface area contributed by atoms with Crippen LogP contribution in [-0.2, 0) is 16.0 Å². The summed E-state index contributed by atoms with van der Waals surface area (Å²) in [5.74, 6) is 0.591. The summed E-state index contributed by atoms with van der Waals surface area (Å²) < 4.78 is 0. The summed E-state index contributed by atoms with van der Waals surface area (Å²) in [6.45, 7) is 2.68. The molecule has 1 fully saturated rings. The van der Waals surface area contributed by atoms with E-state index in [1.165, 1.54) is 16.9 Å². The lowest BCUT2D eigenvalue weighted by Crippen LogP contribution is -2.36. The number of amides is 2. The minimum Gasteiger partial charge on any atom is -0.312 e. The van der Waals surface area contributed by atoms with Crippen molar-refractivity contribution in [2.24, 2.45) is 5.92 Å². The summed E-state index contributed by atoms with van der Waals surface area (Å²) >= 11 is 1.48. The first kappa shape index (κ1) is 17.2. The molecule has 0 bridgehead atoms. The second kappa shape index (κ2) is 6.83. The molecule has 2 heterocycles. The smallest absolute Gasteiger partial charge is 0.230 e. The van der Waals surface area contributed by atoms with E-state index in [0.717, 1.165) is 54.3 Å². The van der Waals surface area contributed by atoms with Crippen LogP contribution in [0.5, 0.6) is 0 Å². The van der Waals surface area contributed by atoms with E-state index in [9.17, 15) is 9.59 Å². The SMILES string of the molecule is CCC(=O)N(C)c1nc(-c2ccc3c(c2)CCCN3C(=O)C2CC2)cs1. The third-order valence-corrected chi connectivity index (χ3v) is 6.06. The molecule has 0 atom stereocenters. The van der Waals surface area contributed by atoms with E-state index in [1.807, 2.05) is 23.3 Å². The number of rotatable bonds is 4. The van der Waals surface area contributed by atoms with Gasteiger partial charge in [0.2, 0.25) is 11.8 Å². The highest BCUT2D eigenvalue weighted by atomic mass is 32.1. The number of benzene rings is 1. The van der Waals surface area contributed by atoms with Gasteiger partial charge in [0.1, 0.15) is 0 Å². The molecule has 2 amide bonds. The Morgan fingerprint density at radius 3 is 2.88 bits per heavy atom. The number of aryl methyl sites for hydroxylation is 1. The van der Waals surface area contributed by atoms with Gasteiger partial charge in [0.25, 0.3) is 0 Å². The predicted octanol–water partition coefficient (Wildman–Crippen LogP) is 3.87. The van der Waals surface area contributed by atoms with E-state index >= 15 is 0 Å². The summed E-state index contributed by atoms with van der Waals surface area (Å²) in [6.07, 6.45) is 4.53. The lowest BCUT2D eigenvalue weighted by atomic mass is 9.98. The molecule has 0 unspecified atom stereocenters. The van der Waals surface area contributed by atoms with Crippen LogP contribution in [-0.4, -0.2) is 30.4 Å². The van der Waals surface area contributed by atoms with Crippen molar-refractivity contribution < 1.29 is 9.59 Å². The number of nitrogens with zero attached hydrogens (tertiary/aromatic N) is 3. The monoisotopic (exact) mass is 369 g/mol. The number of anilines is 2. The molecule has 26 heavy (non-hydrogen) atoms. The van der Waals surface area contributed by atoms with Gasteiger partial charge in [0.15, 0.2) is 5.13 Å². The van der Waals surface area contributed by atoms with E-state index in [1.54, 1.807) is 11.9 Å². The highest BCUT2D eigenvalue weighted by Crippen LogP contribution is 2.37. The van der Waals surface area contributed by atoms with Crippen molar-refractivity contribution in [3.8, 4) is 11.3 Å². The largest absolute Gasteiger partial charge is 0.312 e. The molecule has 6 heteroatoms. The maximum Gasteiger partial charge on any atom is 0.230 e. The molecule has 136 valence electrons. The lowest BCUT2D eigenvalue weighted by Gasteiger charge is -2.30. The Labute approximate surface area is 157 Å². The molecular weight excluding hydrogens is 346 g/mol. The van der Waals surface area contributed by atoms with E-state index < -0.39 is 0 Å². The Kier molecular flexibility index (Phi) is 4.53. The number of aromatic nitrogens is 1. The molecule has 0 radical (unpaired) electrons. The van der Waals surface area contributed by atoms with Crippen molar-refractivity contribution >= 4 is 34.0 Å². The zero-order valence-corrected chi connectivity index (χ0v) is 16.0. The van der Waals surface area contributed by atoms with Gasteiger partial charge in [-0.1, -0.05) is 13.0 Å². The fourth-order valence-corrected chi connectivity index (χ4v) is 4.25. The van der Waals surface area contributed by atoms with Gasteiger partial charge in [-0.2, -0.15) is 0 Å². The van der Waals surface area contributed by atoms with Crippen molar-refractivity contribution in [2.75, 3.05) is 23.4 Å². The predicted molar refractivity (Wildman–Crippen MR) is 105 cm³/mol. The molecule has 1 saturated carbocycles. The molecule has 1 aromatic carbocycles. The molecule has 1 aliphatic carbocycles. The maximum atomic E-state index is 12.5. The molecule has 1 aliphatic heterocycles. The molecular formula is C20H23N3O2S. The average molecular weight is 369 g/mol. The van der Waals surface area contributed by atoms with Crippen LogP contribution < -0.4 is 9.80 Å². The Bertz CT molecular complexity index is 856. The van der Waals surface area contributed by atoms with Crippen LogP contribution in [0.15, 0.2) is 23.6 Å². The Morgan fingerprint density at radius 1 is 1.35 bits per heavy atom. The van der Waals surface area contributed by atoms with Gasteiger partial charge < -0.3 is 4.90 Å². The molecule has 2 aliphatic rings. The third kappa shape index (κ3) is 3.14. The lowest BCUT2D eigenvalue weighted by molar-refractivity contribution is -0.120. The Morgan fingerprint density at radius 2 is 2.15 bits per heavy atom. The minimum atomic E-state index is 0.0607. The maximum absolute atomic E-state index is 12.5. The quantitative estimate of drug-likeness (QED) is 0.822. The number of fused-ring (bicyclic) bond motifs is 1. The number of hydrogen-bond donors (Lipinski definition) is 0. The molecule has 4 rings (SSSR count). The Balaban J connectivity index is 1.60. The van der Waals surface area contributed by atoms with Crippen LogP contribution in [0.25, 0.3) is 11.3 Å². The van der Waals surface area contributed by atoms with Crippen LogP contribution >= 0.6 is 11.3 Å². The van der Waals surface area contributed by atoms with Gasteiger partial charge in [-0.3, -0.25) is 14.5 Å². The van der Waals surface area contributed by atoms with Gasteiger partial charge in [-0.25, -0.2) is 4.98 Å². The molecule has 0 saturated heterocycles. The van der Waals surface area contributed by atoms with Gasteiger partial charge >= 0.3 is 0 Å². The standard InChI is InChI=1S/C20H23N3O2S/c1-3-18(24)22(2)20-21-16(12-26-20)14-8-9-17-15(11-14)5-4-10-23(17)19(25)13-6-7-13/h8-9,11-13H,3-7,10H2,1-2H3. The summed E-state index contributed by atoms with van der Waals surface area (Å²) in [7, 11) is 1.77. The van der Waals surface area contributed by atoms with Gasteiger partial charge in [-0.15, -0.1) is 11.3 Å². The number of carbonyl (C=O) groups is 2. The fraction of sp³-hybridized carbons (Fsp3) is 0.450. The van der Waals surface area contributed by atoms with Gasteiger partial charge in [0.05, 0.1) is 5.69 Å². The Hall–Kier alpha value is -2.21. The zero-order valence-electron chi connectivity index (χ0n) is 15.2. The number of hydrogen-bond acceptors (Lipinski definition) is 4. The fourth-order valence-electron chi connectivity index (χ4n) is 3.43. The van der Waals surface area contributed by atoms with E-state index in [0.29, 0.717) is 6.42 Å². The zero-order chi connectivity index (χ0) is 18.3. The molecule has 2 aromatic rings. The first-order valence-electron chi connectivity index (χ1n) is 9.25. The van der Waals surface area contributed by atoms with Crippen molar-refractivity contribution in [1.82, 2.24) is 4.98 Å². The second-order valence-corrected chi connectivity index (χ2v) is 7.87. The summed E-state index contributed by atoms with van der Waals surface area (Å²) in [5.41, 5.74) is 4.21. The molecule has 0 spiro atoms. The van der Waals surface area contributed by atoms with E-state index in [4.69, 9.17) is 0 Å². The van der Waals surface area contributed by atoms with Crippen LogP contribution in [0.3, 0.4) is 0 Å². The number of thiazole rings is 1. The highest BCUT2D eigenvalue weighted by Gasteiger charge is 2.35. The van der Waals surface area contributed by atoms with Crippen molar-refractivity contribution in [2.45, 2.75) is 39.0 Å². The van der Waals surface area contributed by atoms with E-state index in [-0.39, 0.29) is 17.7 Å². The van der Waals surface area contributed by atoms with Crippen molar-refractivity contribution in [3.05, 3.63) is 29.1 Å². The second-order valence-electron chi connectivity index (χ2n) is 7.03. The van der Waals surface area contributed by atoms with Crippen LogP contribution in [0.2, 0.25) is 0 Å². The van der Waals surface area contributed by atoms with Crippen LogP contribution in [0.1, 0.15) is 38.2 Å². The highest BCUT2D eigenvalue weighted by molar-refractivity contribution is 7.14. The van der Waals surface area contributed by atoms with E-state index in [2.05, 4.69) is 17.1 Å². The van der Waals surface area contributed by atoms with Crippen molar-refractivity contribution in [1.29, 1.82) is 0 Å². The first-order valence-corrected chi connectivity index (χ1v) is 10.1. The average Bonchev–Trinajstić information content (AvgIpc) is 3.41. The third-order valence-electron chi connectivity index (χ3n) is 5.14. The summed E-state index contributed by atoms with van der Waals surface area (Å²) in [6, 6.07) is 6.25. The minimum absolute atomic E-state index is 0.0607. The summed E-state index contributed by atoms with van der Waals surface area (Å²) in [5, 5.41) is 2.71. The van der Waals surface area contributed by atoms with Crippen LogP contribution in [0, 0.1) is 5.92 Å². The van der Waals surface area contributed by atoms with Crippen molar-refractivity contribution in [3.63, 3.8) is 0 Å². The molecule has 5 nitrogen and oxygen atoms in total.